The minimum atomic E-state index is -3.74. The van der Waals surface area contributed by atoms with Crippen molar-refractivity contribution in [1.82, 2.24) is 4.72 Å². The van der Waals surface area contributed by atoms with Crippen molar-refractivity contribution in [2.75, 3.05) is 25.6 Å². The Bertz CT molecular complexity index is 942. The molecule has 3 rings (SSSR count). The highest BCUT2D eigenvalue weighted by Gasteiger charge is 2.39. The van der Waals surface area contributed by atoms with E-state index in [2.05, 4.69) is 26.2 Å². The Kier molecular flexibility index (Phi) is 7.07. The van der Waals surface area contributed by atoms with Crippen LogP contribution in [0.3, 0.4) is 0 Å². The van der Waals surface area contributed by atoms with Crippen molar-refractivity contribution in [3.63, 3.8) is 0 Å². The molecule has 0 atom stereocenters. The molecule has 0 saturated carbocycles. The smallest absolute Gasteiger partial charge is 0.240 e. The van der Waals surface area contributed by atoms with E-state index in [9.17, 15) is 13.2 Å². The Morgan fingerprint density at radius 3 is 2.70 bits per heavy atom. The molecule has 2 aliphatic rings. The van der Waals surface area contributed by atoms with Crippen LogP contribution in [0.4, 0.5) is 5.69 Å². The summed E-state index contributed by atoms with van der Waals surface area (Å²) in [4.78, 5) is 12.5. The molecular weight excluding hydrogens is 408 g/mol. The highest BCUT2D eigenvalue weighted by molar-refractivity contribution is 7.89. The maximum atomic E-state index is 12.8. The first-order chi connectivity index (χ1) is 14.4. The highest BCUT2D eigenvalue weighted by Crippen LogP contribution is 2.38. The fraction of sp³-hybridized carbons (Fsp3) is 0.550. The third-order valence-electron chi connectivity index (χ3n) is 5.10. The van der Waals surface area contributed by atoms with Crippen LogP contribution >= 0.6 is 0 Å². The van der Waals surface area contributed by atoms with Gasteiger partial charge in [-0.15, -0.1) is 12.3 Å². The Labute approximate surface area is 176 Å². The van der Waals surface area contributed by atoms with Crippen molar-refractivity contribution >= 4 is 21.6 Å². The van der Waals surface area contributed by atoms with Gasteiger partial charge in [0.25, 0.3) is 0 Å². The van der Waals surface area contributed by atoms with Crippen molar-refractivity contribution in [2.45, 2.75) is 55.1 Å². The maximum Gasteiger partial charge on any atom is 0.240 e. The lowest BCUT2D eigenvalue weighted by molar-refractivity contribution is -0.116. The Balaban J connectivity index is 1.65. The number of anilines is 1. The van der Waals surface area contributed by atoms with Crippen molar-refractivity contribution in [3.8, 4) is 18.1 Å². The van der Waals surface area contributed by atoms with Gasteiger partial charge in [0, 0.05) is 44.9 Å². The lowest BCUT2D eigenvalue weighted by Crippen LogP contribution is -2.38. The van der Waals surface area contributed by atoms with Crippen LogP contribution < -0.4 is 14.8 Å². The monoisotopic (exact) mass is 434 g/mol. The van der Waals surface area contributed by atoms with E-state index in [1.807, 2.05) is 0 Å². The molecule has 0 bridgehead atoms. The third kappa shape index (κ3) is 5.78. The summed E-state index contributed by atoms with van der Waals surface area (Å²) < 4.78 is 38.7. The second-order valence-electron chi connectivity index (χ2n) is 7.30. The first-order valence-corrected chi connectivity index (χ1v) is 11.3. The van der Waals surface area contributed by atoms with Crippen LogP contribution in [0.5, 0.6) is 5.75 Å². The molecule has 9 nitrogen and oxygen atoms in total. The predicted molar refractivity (Wildman–Crippen MR) is 111 cm³/mol. The number of benzene rings is 1. The summed E-state index contributed by atoms with van der Waals surface area (Å²) in [7, 11) is -2.29. The minimum Gasteiger partial charge on any atom is -0.495 e. The zero-order valence-corrected chi connectivity index (χ0v) is 17.7. The first kappa shape index (κ1) is 22.2. The molecule has 1 saturated heterocycles. The number of nitrogens with one attached hydrogen (secondary N) is 2. The second kappa shape index (κ2) is 9.55. The molecule has 0 unspecified atom stereocenters. The molecule has 0 radical (unpaired) electrons. The molecule has 1 fully saturated rings. The summed E-state index contributed by atoms with van der Waals surface area (Å²) >= 11 is 0. The van der Waals surface area contributed by atoms with E-state index < -0.39 is 15.7 Å². The standard InChI is InChI=1S/C20H26N4O5S/c1-3-4-10-20(23-24-20)11-7-19(25)21-17-14-16(5-6-18(17)28-2)30(26,27)22-15-8-12-29-13-9-15/h1,5-6,14-15,22H,4,7-13H2,2H3,(H,21,25). The zero-order chi connectivity index (χ0) is 21.6. The van der Waals surface area contributed by atoms with Gasteiger partial charge in [-0.05, 0) is 31.0 Å². The molecule has 0 spiro atoms. The van der Waals surface area contributed by atoms with Gasteiger partial charge in [-0.3, -0.25) is 4.79 Å². The number of methoxy groups -OCH3 is 1. The third-order valence-corrected chi connectivity index (χ3v) is 6.62. The molecule has 1 aromatic carbocycles. The summed E-state index contributed by atoms with van der Waals surface area (Å²) in [5, 5.41) is 10.8. The van der Waals surface area contributed by atoms with Crippen LogP contribution in [-0.2, 0) is 19.6 Å². The number of sulfonamides is 1. The van der Waals surface area contributed by atoms with E-state index >= 15 is 0 Å². The first-order valence-electron chi connectivity index (χ1n) is 9.83. The summed E-state index contributed by atoms with van der Waals surface area (Å²) in [5.74, 6) is 2.64. The number of terminal acetylenes is 1. The van der Waals surface area contributed by atoms with E-state index in [0.717, 1.165) is 0 Å². The molecule has 10 heteroatoms. The molecule has 2 N–H and O–H groups in total. The van der Waals surface area contributed by atoms with E-state index in [1.165, 1.54) is 25.3 Å². The number of hydrogen-bond acceptors (Lipinski definition) is 7. The minimum absolute atomic E-state index is 0.0581. The number of hydrogen-bond donors (Lipinski definition) is 2. The van der Waals surface area contributed by atoms with E-state index in [4.69, 9.17) is 15.9 Å². The average Bonchev–Trinajstić information content (AvgIpc) is 3.51. The maximum absolute atomic E-state index is 12.8. The Morgan fingerprint density at radius 2 is 2.07 bits per heavy atom. The average molecular weight is 435 g/mol. The largest absolute Gasteiger partial charge is 0.495 e. The summed E-state index contributed by atoms with van der Waals surface area (Å²) in [6.07, 6.45) is 8.31. The van der Waals surface area contributed by atoms with Gasteiger partial charge in [0.15, 0.2) is 5.66 Å². The zero-order valence-electron chi connectivity index (χ0n) is 16.9. The number of amides is 1. The van der Waals surface area contributed by atoms with Crippen LogP contribution in [0.1, 0.15) is 38.5 Å². The summed E-state index contributed by atoms with van der Waals surface area (Å²) in [6.45, 7) is 1.05. The van der Waals surface area contributed by atoms with Crippen molar-refractivity contribution in [1.29, 1.82) is 0 Å². The van der Waals surface area contributed by atoms with Crippen molar-refractivity contribution in [2.24, 2.45) is 10.2 Å². The van der Waals surface area contributed by atoms with Gasteiger partial charge >= 0.3 is 0 Å². The van der Waals surface area contributed by atoms with Crippen LogP contribution in [-0.4, -0.2) is 46.4 Å². The van der Waals surface area contributed by atoms with Gasteiger partial charge in [-0.2, -0.15) is 10.2 Å². The van der Waals surface area contributed by atoms with Gasteiger partial charge in [0.2, 0.25) is 15.9 Å². The lowest BCUT2D eigenvalue weighted by Gasteiger charge is -2.23. The quantitative estimate of drug-likeness (QED) is 0.548. The van der Waals surface area contributed by atoms with Gasteiger partial charge in [-0.25, -0.2) is 13.1 Å². The molecule has 30 heavy (non-hydrogen) atoms. The number of rotatable bonds is 10. The SMILES string of the molecule is C#CCCC1(CCC(=O)Nc2cc(S(=O)(=O)NC3CCOCC3)ccc2OC)N=N1. The molecule has 162 valence electrons. The molecular formula is C20H26N4O5S. The summed E-state index contributed by atoms with van der Waals surface area (Å²) in [5.41, 5.74) is -0.258. The Hall–Kier alpha value is -2.48. The van der Waals surface area contributed by atoms with E-state index in [1.54, 1.807) is 0 Å². The Morgan fingerprint density at radius 1 is 1.33 bits per heavy atom. The van der Waals surface area contributed by atoms with Gasteiger partial charge in [0.05, 0.1) is 17.7 Å². The van der Waals surface area contributed by atoms with E-state index in [0.29, 0.717) is 56.8 Å². The van der Waals surface area contributed by atoms with Crippen LogP contribution in [0, 0.1) is 12.3 Å². The topological polar surface area (TPSA) is 118 Å². The van der Waals surface area contributed by atoms with Crippen LogP contribution in [0.15, 0.2) is 33.3 Å². The van der Waals surface area contributed by atoms with Crippen LogP contribution in [0.2, 0.25) is 0 Å². The molecule has 2 aliphatic heterocycles. The number of carbonyl (C=O) groups excluding carboxylic acids is 1. The fourth-order valence-electron chi connectivity index (χ4n) is 3.25. The fourth-order valence-corrected chi connectivity index (χ4v) is 4.58. The van der Waals surface area contributed by atoms with Gasteiger partial charge in [-0.1, -0.05) is 0 Å². The second-order valence-corrected chi connectivity index (χ2v) is 9.02. The van der Waals surface area contributed by atoms with Gasteiger partial charge < -0.3 is 14.8 Å². The number of ether oxygens (including phenoxy) is 2. The number of carbonyl (C=O) groups is 1. The molecule has 1 amide bonds. The molecule has 2 heterocycles. The molecule has 0 aromatic heterocycles. The number of nitrogens with zero attached hydrogens (tertiary/aromatic N) is 2. The predicted octanol–water partition coefficient (Wildman–Crippen LogP) is 2.45. The van der Waals surface area contributed by atoms with E-state index in [-0.39, 0.29) is 23.3 Å². The van der Waals surface area contributed by atoms with Crippen molar-refractivity contribution in [3.05, 3.63) is 18.2 Å². The van der Waals surface area contributed by atoms with Crippen molar-refractivity contribution < 1.29 is 22.7 Å². The summed E-state index contributed by atoms with van der Waals surface area (Å²) in [6, 6.07) is 4.20. The highest BCUT2D eigenvalue weighted by atomic mass is 32.2. The van der Waals surface area contributed by atoms with Gasteiger partial charge in [0.1, 0.15) is 5.75 Å². The lowest BCUT2D eigenvalue weighted by atomic mass is 10.0. The normalized spacial score (nSPS) is 17.9. The van der Waals surface area contributed by atoms with Crippen LogP contribution in [0.25, 0.3) is 0 Å². The molecule has 0 aliphatic carbocycles. The molecule has 1 aromatic rings.